The highest BCUT2D eigenvalue weighted by Crippen LogP contribution is 2.12. The fourth-order valence-electron chi connectivity index (χ4n) is 2.14. The lowest BCUT2D eigenvalue weighted by Gasteiger charge is -2.22. The molecule has 1 saturated heterocycles. The van der Waals surface area contributed by atoms with Crippen molar-refractivity contribution < 1.29 is 19.0 Å². The molecular formula is C15H22N2O4. The van der Waals surface area contributed by atoms with Crippen LogP contribution in [0.25, 0.3) is 0 Å². The van der Waals surface area contributed by atoms with Gasteiger partial charge in [0.05, 0.1) is 32.1 Å². The monoisotopic (exact) mass is 294 g/mol. The molecule has 0 spiro atoms. The van der Waals surface area contributed by atoms with Crippen molar-refractivity contribution in [2.24, 2.45) is 0 Å². The molecule has 1 N–H and O–H groups in total. The van der Waals surface area contributed by atoms with Crippen molar-refractivity contribution in [3.8, 4) is 5.75 Å². The van der Waals surface area contributed by atoms with E-state index in [1.807, 2.05) is 0 Å². The molecule has 1 aromatic heterocycles. The normalized spacial score (nSPS) is 18.2. The van der Waals surface area contributed by atoms with E-state index in [1.54, 1.807) is 25.4 Å². The maximum Gasteiger partial charge on any atom is 0.246 e. The van der Waals surface area contributed by atoms with E-state index in [-0.39, 0.29) is 18.6 Å². The van der Waals surface area contributed by atoms with Crippen LogP contribution in [0.15, 0.2) is 18.3 Å². The first kappa shape index (κ1) is 15.7. The van der Waals surface area contributed by atoms with Crippen molar-refractivity contribution in [3.05, 3.63) is 24.0 Å². The summed E-state index contributed by atoms with van der Waals surface area (Å²) in [4.78, 5) is 15.8. The molecule has 21 heavy (non-hydrogen) atoms. The molecule has 0 aromatic carbocycles. The van der Waals surface area contributed by atoms with E-state index in [2.05, 4.69) is 10.3 Å². The number of nitrogens with zero attached hydrogens (tertiary/aromatic N) is 1. The second-order valence-electron chi connectivity index (χ2n) is 4.97. The minimum Gasteiger partial charge on any atom is -0.497 e. The Hall–Kier alpha value is -1.66. The number of nitrogens with one attached hydrogen (secondary N) is 1. The van der Waals surface area contributed by atoms with Gasteiger partial charge in [0.25, 0.3) is 0 Å². The van der Waals surface area contributed by atoms with Gasteiger partial charge < -0.3 is 19.5 Å². The molecule has 1 fully saturated rings. The van der Waals surface area contributed by atoms with Gasteiger partial charge in [0.15, 0.2) is 0 Å². The first-order valence-corrected chi connectivity index (χ1v) is 7.23. The van der Waals surface area contributed by atoms with Crippen molar-refractivity contribution in [1.82, 2.24) is 10.3 Å². The highest BCUT2D eigenvalue weighted by atomic mass is 16.5. The van der Waals surface area contributed by atoms with E-state index >= 15 is 0 Å². The predicted octanol–water partition coefficient (Wildman–Crippen LogP) is 1.29. The largest absolute Gasteiger partial charge is 0.497 e. The number of ether oxygens (including phenoxy) is 3. The van der Waals surface area contributed by atoms with Gasteiger partial charge in [-0.3, -0.25) is 9.78 Å². The van der Waals surface area contributed by atoms with E-state index in [9.17, 15) is 4.79 Å². The quantitative estimate of drug-likeness (QED) is 0.820. The van der Waals surface area contributed by atoms with E-state index in [0.29, 0.717) is 13.2 Å². The van der Waals surface area contributed by atoms with Crippen molar-refractivity contribution >= 4 is 5.91 Å². The lowest BCUT2D eigenvalue weighted by Crippen LogP contribution is -2.30. The predicted molar refractivity (Wildman–Crippen MR) is 77.0 cm³/mol. The third-order valence-corrected chi connectivity index (χ3v) is 3.30. The fraction of sp³-hybridized carbons (Fsp3) is 0.600. The standard InChI is InChI=1S/C15H22N2O4/c1-19-13-5-6-16-12(8-13)9-17-15(18)11-20-10-14-4-2-3-7-21-14/h5-6,8,14H,2-4,7,9-11H2,1H3,(H,17,18)/t14-/m0/s1. The van der Waals surface area contributed by atoms with Gasteiger partial charge >= 0.3 is 0 Å². The van der Waals surface area contributed by atoms with Crippen LogP contribution >= 0.6 is 0 Å². The Bertz CT molecular complexity index is 447. The summed E-state index contributed by atoms with van der Waals surface area (Å²) in [6.45, 7) is 1.68. The number of hydrogen-bond donors (Lipinski definition) is 1. The van der Waals surface area contributed by atoms with Gasteiger partial charge in [-0.05, 0) is 25.3 Å². The first-order chi connectivity index (χ1) is 10.3. The molecule has 0 unspecified atom stereocenters. The molecule has 0 bridgehead atoms. The number of carbonyl (C=O) groups excluding carboxylic acids is 1. The zero-order valence-electron chi connectivity index (χ0n) is 12.3. The molecule has 6 heteroatoms. The van der Waals surface area contributed by atoms with Crippen molar-refractivity contribution in [2.75, 3.05) is 26.9 Å². The molecule has 116 valence electrons. The number of amides is 1. The number of aromatic nitrogens is 1. The summed E-state index contributed by atoms with van der Waals surface area (Å²) >= 11 is 0. The molecule has 6 nitrogen and oxygen atoms in total. The van der Waals surface area contributed by atoms with Gasteiger partial charge in [0.1, 0.15) is 12.4 Å². The lowest BCUT2D eigenvalue weighted by atomic mass is 10.1. The molecule has 0 radical (unpaired) electrons. The molecule has 1 atom stereocenters. The Morgan fingerprint density at radius 3 is 3.19 bits per heavy atom. The minimum absolute atomic E-state index is 0.0455. The zero-order chi connectivity index (χ0) is 14.9. The van der Waals surface area contributed by atoms with Crippen molar-refractivity contribution in [1.29, 1.82) is 0 Å². The molecule has 1 aromatic rings. The molecule has 0 aliphatic carbocycles. The molecular weight excluding hydrogens is 272 g/mol. The number of hydrogen-bond acceptors (Lipinski definition) is 5. The Kier molecular flexibility index (Phi) is 6.43. The Balaban J connectivity index is 1.62. The number of methoxy groups -OCH3 is 1. The molecule has 1 amide bonds. The second-order valence-corrected chi connectivity index (χ2v) is 4.97. The second kappa shape index (κ2) is 8.59. The molecule has 2 rings (SSSR count). The first-order valence-electron chi connectivity index (χ1n) is 7.23. The lowest BCUT2D eigenvalue weighted by molar-refractivity contribution is -0.128. The summed E-state index contributed by atoms with van der Waals surface area (Å²) < 4.78 is 16.0. The van der Waals surface area contributed by atoms with Crippen LogP contribution in [0.1, 0.15) is 25.0 Å². The van der Waals surface area contributed by atoms with Crippen LogP contribution in [-0.4, -0.2) is 43.9 Å². The van der Waals surface area contributed by atoms with E-state index in [1.165, 1.54) is 6.42 Å². The average molecular weight is 294 g/mol. The highest BCUT2D eigenvalue weighted by molar-refractivity contribution is 5.77. The maximum atomic E-state index is 11.7. The summed E-state index contributed by atoms with van der Waals surface area (Å²) in [5.41, 5.74) is 0.748. The number of carbonyl (C=O) groups is 1. The third-order valence-electron chi connectivity index (χ3n) is 3.30. The number of rotatable bonds is 7. The van der Waals surface area contributed by atoms with Crippen LogP contribution in [-0.2, 0) is 20.8 Å². The van der Waals surface area contributed by atoms with Crippen molar-refractivity contribution in [2.45, 2.75) is 31.9 Å². The SMILES string of the molecule is COc1ccnc(CNC(=O)COC[C@@H]2CCCCO2)c1. The summed E-state index contributed by atoms with van der Waals surface area (Å²) in [5.74, 6) is 0.565. The molecule has 0 saturated carbocycles. The van der Waals surface area contributed by atoms with Gasteiger partial charge in [0, 0.05) is 18.9 Å². The topological polar surface area (TPSA) is 69.7 Å². The fourth-order valence-corrected chi connectivity index (χ4v) is 2.14. The summed E-state index contributed by atoms with van der Waals surface area (Å²) in [6, 6.07) is 3.55. The van der Waals surface area contributed by atoms with Gasteiger partial charge in [-0.2, -0.15) is 0 Å². The average Bonchev–Trinajstić information content (AvgIpc) is 2.54. The summed E-state index contributed by atoms with van der Waals surface area (Å²) in [6.07, 6.45) is 5.07. The molecule has 2 heterocycles. The van der Waals surface area contributed by atoms with Gasteiger partial charge in [0.2, 0.25) is 5.91 Å². The highest BCUT2D eigenvalue weighted by Gasteiger charge is 2.14. The Morgan fingerprint density at radius 1 is 1.52 bits per heavy atom. The maximum absolute atomic E-state index is 11.7. The third kappa shape index (κ3) is 5.69. The van der Waals surface area contributed by atoms with E-state index in [0.717, 1.165) is 30.9 Å². The van der Waals surface area contributed by atoms with Crippen molar-refractivity contribution in [3.63, 3.8) is 0 Å². The smallest absolute Gasteiger partial charge is 0.246 e. The summed E-state index contributed by atoms with van der Waals surface area (Å²) in [5, 5.41) is 2.77. The van der Waals surface area contributed by atoms with Gasteiger partial charge in [-0.1, -0.05) is 0 Å². The van der Waals surface area contributed by atoms with E-state index in [4.69, 9.17) is 14.2 Å². The van der Waals surface area contributed by atoms with Crippen LogP contribution < -0.4 is 10.1 Å². The van der Waals surface area contributed by atoms with Crippen LogP contribution in [0.2, 0.25) is 0 Å². The van der Waals surface area contributed by atoms with Gasteiger partial charge in [-0.15, -0.1) is 0 Å². The van der Waals surface area contributed by atoms with Crippen LogP contribution in [0.3, 0.4) is 0 Å². The molecule has 1 aliphatic rings. The van der Waals surface area contributed by atoms with Crippen LogP contribution in [0.5, 0.6) is 5.75 Å². The van der Waals surface area contributed by atoms with Crippen LogP contribution in [0, 0.1) is 0 Å². The Labute approximate surface area is 124 Å². The van der Waals surface area contributed by atoms with Gasteiger partial charge in [-0.25, -0.2) is 0 Å². The Morgan fingerprint density at radius 2 is 2.43 bits per heavy atom. The number of pyridine rings is 1. The molecule has 1 aliphatic heterocycles. The summed E-state index contributed by atoms with van der Waals surface area (Å²) in [7, 11) is 1.60. The van der Waals surface area contributed by atoms with Crippen LogP contribution in [0.4, 0.5) is 0 Å². The zero-order valence-corrected chi connectivity index (χ0v) is 12.3. The van der Waals surface area contributed by atoms with E-state index < -0.39 is 0 Å². The minimum atomic E-state index is -0.157.